The minimum Gasteiger partial charge on any atom is -0.395 e. The van der Waals surface area contributed by atoms with Gasteiger partial charge in [0.05, 0.1) is 17.6 Å². The van der Waals surface area contributed by atoms with Gasteiger partial charge in [-0.25, -0.2) is 9.37 Å². The van der Waals surface area contributed by atoms with Crippen LogP contribution in [0.1, 0.15) is 0 Å². The highest BCUT2D eigenvalue weighted by atomic mass is 35.5. The maximum atomic E-state index is 12.7. The Bertz CT molecular complexity index is 277. The van der Waals surface area contributed by atoms with Crippen LogP contribution in [-0.4, -0.2) is 12.0 Å². The molecule has 3 nitrogen and oxygen atoms in total. The van der Waals surface area contributed by atoms with Gasteiger partial charge in [0.1, 0.15) is 0 Å². The minimum atomic E-state index is -0.571. The first-order valence-electron chi connectivity index (χ1n) is 2.94. The number of nitrogens with zero attached hydrogens (tertiary/aromatic N) is 1. The Balaban J connectivity index is 3.29. The van der Waals surface area contributed by atoms with Crippen molar-refractivity contribution in [2.24, 2.45) is 0 Å². The van der Waals surface area contributed by atoms with E-state index in [0.29, 0.717) is 5.69 Å². The molecule has 1 aromatic heterocycles. The second-order valence-corrected chi connectivity index (χ2v) is 2.29. The van der Waals surface area contributed by atoms with E-state index in [1.165, 1.54) is 0 Å². The van der Waals surface area contributed by atoms with Crippen LogP contribution >= 0.6 is 11.6 Å². The second-order valence-electron chi connectivity index (χ2n) is 1.94. The van der Waals surface area contributed by atoms with Crippen molar-refractivity contribution in [1.82, 2.24) is 4.98 Å². The molecule has 1 rings (SSSR count). The first-order chi connectivity index (χ1) is 5.16. The lowest BCUT2D eigenvalue weighted by molar-refractivity contribution is 0.627. The third-order valence-electron chi connectivity index (χ3n) is 1.27. The molecule has 0 radical (unpaired) electrons. The maximum absolute atomic E-state index is 12.7. The van der Waals surface area contributed by atoms with Crippen LogP contribution in [0.15, 0.2) is 6.20 Å². The lowest BCUT2D eigenvalue weighted by Gasteiger charge is -2.05. The standard InChI is InChI=1S/C6H7ClFN3/c1-10-5-4(9)3(8)2-11-6(5)7/h2,10H,1H3,(H2,9,11). The lowest BCUT2D eigenvalue weighted by Crippen LogP contribution is -2.00. The van der Waals surface area contributed by atoms with Gasteiger partial charge in [0.25, 0.3) is 0 Å². The van der Waals surface area contributed by atoms with E-state index in [4.69, 9.17) is 17.3 Å². The predicted octanol–water partition coefficient (Wildman–Crippen LogP) is 1.50. The normalized spacial score (nSPS) is 9.73. The smallest absolute Gasteiger partial charge is 0.166 e. The molecule has 1 heterocycles. The lowest BCUT2D eigenvalue weighted by atomic mass is 10.3. The van der Waals surface area contributed by atoms with Crippen LogP contribution in [0.4, 0.5) is 15.8 Å². The number of anilines is 2. The Morgan fingerprint density at radius 2 is 2.36 bits per heavy atom. The summed E-state index contributed by atoms with van der Waals surface area (Å²) in [6.45, 7) is 0. The van der Waals surface area contributed by atoms with Crippen LogP contribution in [-0.2, 0) is 0 Å². The molecule has 0 saturated heterocycles. The molecule has 5 heteroatoms. The van der Waals surface area contributed by atoms with Gasteiger partial charge in [-0.3, -0.25) is 0 Å². The summed E-state index contributed by atoms with van der Waals surface area (Å²) in [5.41, 5.74) is 5.65. The zero-order chi connectivity index (χ0) is 8.43. The van der Waals surface area contributed by atoms with Gasteiger partial charge in [-0.15, -0.1) is 0 Å². The van der Waals surface area contributed by atoms with Crippen molar-refractivity contribution in [1.29, 1.82) is 0 Å². The Hall–Kier alpha value is -1.03. The van der Waals surface area contributed by atoms with Gasteiger partial charge >= 0.3 is 0 Å². The molecule has 0 bridgehead atoms. The van der Waals surface area contributed by atoms with Gasteiger partial charge in [-0.1, -0.05) is 11.6 Å². The van der Waals surface area contributed by atoms with Gasteiger partial charge in [0.15, 0.2) is 11.0 Å². The second kappa shape index (κ2) is 2.92. The highest BCUT2D eigenvalue weighted by Gasteiger charge is 2.08. The van der Waals surface area contributed by atoms with Crippen molar-refractivity contribution < 1.29 is 4.39 Å². The number of nitrogens with one attached hydrogen (secondary N) is 1. The molecule has 0 aromatic carbocycles. The molecule has 0 unspecified atom stereocenters. The third kappa shape index (κ3) is 1.35. The molecule has 0 spiro atoms. The molecule has 60 valence electrons. The summed E-state index contributed by atoms with van der Waals surface area (Å²) in [7, 11) is 1.60. The molecule has 11 heavy (non-hydrogen) atoms. The van der Waals surface area contributed by atoms with E-state index >= 15 is 0 Å². The fourth-order valence-electron chi connectivity index (χ4n) is 0.716. The monoisotopic (exact) mass is 175 g/mol. The van der Waals surface area contributed by atoms with Crippen LogP contribution in [0.5, 0.6) is 0 Å². The van der Waals surface area contributed by atoms with Crippen LogP contribution in [0, 0.1) is 5.82 Å². The van der Waals surface area contributed by atoms with E-state index in [2.05, 4.69) is 10.3 Å². The van der Waals surface area contributed by atoms with Crippen LogP contribution in [0.25, 0.3) is 0 Å². The largest absolute Gasteiger partial charge is 0.395 e. The molecule has 0 amide bonds. The molecule has 0 aliphatic carbocycles. The molecule has 1 aromatic rings. The number of pyridine rings is 1. The number of hydrogen-bond donors (Lipinski definition) is 2. The molecule has 0 saturated carbocycles. The van der Waals surface area contributed by atoms with E-state index in [9.17, 15) is 4.39 Å². The Morgan fingerprint density at radius 1 is 1.73 bits per heavy atom. The quantitative estimate of drug-likeness (QED) is 0.636. The summed E-state index contributed by atoms with van der Waals surface area (Å²) >= 11 is 5.58. The summed E-state index contributed by atoms with van der Waals surface area (Å²) < 4.78 is 12.7. The average Bonchev–Trinajstić information content (AvgIpc) is 1.99. The number of nitrogens with two attached hydrogens (primary N) is 1. The summed E-state index contributed by atoms with van der Waals surface area (Å²) in [5, 5.41) is 2.82. The zero-order valence-corrected chi connectivity index (χ0v) is 6.61. The summed E-state index contributed by atoms with van der Waals surface area (Å²) in [5.74, 6) is -0.571. The molecule has 3 N–H and O–H groups in total. The van der Waals surface area contributed by atoms with Crippen molar-refractivity contribution in [2.75, 3.05) is 18.1 Å². The Kier molecular flexibility index (Phi) is 2.14. The number of hydrogen-bond acceptors (Lipinski definition) is 3. The van der Waals surface area contributed by atoms with Crippen molar-refractivity contribution in [3.63, 3.8) is 0 Å². The van der Waals surface area contributed by atoms with Crippen molar-refractivity contribution in [2.45, 2.75) is 0 Å². The zero-order valence-electron chi connectivity index (χ0n) is 5.86. The third-order valence-corrected chi connectivity index (χ3v) is 1.56. The predicted molar refractivity (Wildman–Crippen MR) is 43.2 cm³/mol. The highest BCUT2D eigenvalue weighted by molar-refractivity contribution is 6.32. The molecular weight excluding hydrogens is 169 g/mol. The molecule has 0 fully saturated rings. The van der Waals surface area contributed by atoms with Gasteiger partial charge in [-0.2, -0.15) is 0 Å². The number of rotatable bonds is 1. The molecular formula is C6H7ClFN3. The van der Waals surface area contributed by atoms with Crippen molar-refractivity contribution >= 4 is 23.0 Å². The van der Waals surface area contributed by atoms with E-state index < -0.39 is 5.82 Å². The van der Waals surface area contributed by atoms with E-state index in [1.807, 2.05) is 0 Å². The van der Waals surface area contributed by atoms with Crippen molar-refractivity contribution in [3.8, 4) is 0 Å². The number of halogens is 2. The maximum Gasteiger partial charge on any atom is 0.166 e. The molecule has 0 atom stereocenters. The minimum absolute atomic E-state index is 0.00694. The Morgan fingerprint density at radius 3 is 2.82 bits per heavy atom. The van der Waals surface area contributed by atoms with Gasteiger partial charge in [-0.05, 0) is 0 Å². The fraction of sp³-hybridized carbons (Fsp3) is 0.167. The summed E-state index contributed by atoms with van der Waals surface area (Å²) in [6, 6.07) is 0. The summed E-state index contributed by atoms with van der Waals surface area (Å²) in [6.07, 6.45) is 0.985. The Labute approximate surface area is 68.4 Å². The number of nitrogen functional groups attached to an aromatic ring is 1. The first-order valence-corrected chi connectivity index (χ1v) is 3.32. The molecule has 0 aliphatic heterocycles. The van der Waals surface area contributed by atoms with Gasteiger partial charge < -0.3 is 11.1 Å². The summed E-state index contributed by atoms with van der Waals surface area (Å²) in [4.78, 5) is 3.56. The van der Waals surface area contributed by atoms with Gasteiger partial charge in [0, 0.05) is 7.05 Å². The SMILES string of the molecule is CNc1c(Cl)ncc(F)c1N. The van der Waals surface area contributed by atoms with Crippen LogP contribution < -0.4 is 11.1 Å². The highest BCUT2D eigenvalue weighted by Crippen LogP contribution is 2.27. The number of aromatic nitrogens is 1. The topological polar surface area (TPSA) is 50.9 Å². The van der Waals surface area contributed by atoms with Crippen LogP contribution in [0.3, 0.4) is 0 Å². The van der Waals surface area contributed by atoms with E-state index in [-0.39, 0.29) is 10.8 Å². The van der Waals surface area contributed by atoms with Crippen molar-refractivity contribution in [3.05, 3.63) is 17.2 Å². The van der Waals surface area contributed by atoms with E-state index in [1.54, 1.807) is 7.05 Å². The average molecular weight is 176 g/mol. The first kappa shape index (κ1) is 8.07. The van der Waals surface area contributed by atoms with Crippen LogP contribution in [0.2, 0.25) is 5.15 Å². The molecule has 0 aliphatic rings. The fourth-order valence-corrected chi connectivity index (χ4v) is 0.961. The van der Waals surface area contributed by atoms with Gasteiger partial charge in [0.2, 0.25) is 0 Å². The van der Waals surface area contributed by atoms with E-state index in [0.717, 1.165) is 6.20 Å².